The van der Waals surface area contributed by atoms with Gasteiger partial charge in [0.15, 0.2) is 0 Å². The molecule has 0 spiro atoms. The minimum atomic E-state index is -0.171. The molecular formula is C21H28N2O2. The fraction of sp³-hybridized carbons (Fsp3) is 0.524. The van der Waals surface area contributed by atoms with Crippen molar-refractivity contribution in [3.8, 4) is 6.07 Å². The van der Waals surface area contributed by atoms with Crippen LogP contribution in [0.4, 0.5) is 0 Å². The zero-order valence-corrected chi connectivity index (χ0v) is 15.7. The Morgan fingerprint density at radius 1 is 1.40 bits per heavy atom. The molecule has 0 N–H and O–H groups in total. The lowest BCUT2D eigenvalue weighted by Gasteiger charge is -2.40. The number of nitrogens with zero attached hydrogens (tertiary/aromatic N) is 2. The molecule has 134 valence electrons. The van der Waals surface area contributed by atoms with Gasteiger partial charge in [-0.05, 0) is 37.7 Å². The summed E-state index contributed by atoms with van der Waals surface area (Å²) in [6, 6.07) is 10.4. The van der Waals surface area contributed by atoms with Crippen LogP contribution in [0.5, 0.6) is 0 Å². The molecule has 4 heteroatoms. The van der Waals surface area contributed by atoms with Gasteiger partial charge in [0.25, 0.3) is 5.91 Å². The fourth-order valence-electron chi connectivity index (χ4n) is 3.40. The Balaban J connectivity index is 2.28. The molecule has 1 amide bonds. The molecule has 0 bridgehead atoms. The van der Waals surface area contributed by atoms with Gasteiger partial charge in [-0.25, -0.2) is 0 Å². The van der Waals surface area contributed by atoms with Crippen LogP contribution in [0.15, 0.2) is 35.9 Å². The van der Waals surface area contributed by atoms with Crippen molar-refractivity contribution in [2.24, 2.45) is 5.92 Å². The first-order valence-corrected chi connectivity index (χ1v) is 8.97. The number of piperidine rings is 1. The monoisotopic (exact) mass is 340 g/mol. The van der Waals surface area contributed by atoms with Crippen molar-refractivity contribution in [2.75, 3.05) is 13.7 Å². The number of methoxy groups -OCH3 is 1. The maximum atomic E-state index is 13.0. The van der Waals surface area contributed by atoms with E-state index in [1.807, 2.05) is 18.7 Å². The maximum absolute atomic E-state index is 13.0. The molecule has 1 heterocycles. The van der Waals surface area contributed by atoms with Crippen LogP contribution < -0.4 is 0 Å². The van der Waals surface area contributed by atoms with Crippen molar-refractivity contribution in [2.45, 2.75) is 52.2 Å². The number of ether oxygens (including phenoxy) is 1. The van der Waals surface area contributed by atoms with Crippen LogP contribution in [-0.4, -0.2) is 36.6 Å². The first kappa shape index (κ1) is 19.2. The molecule has 2 atom stereocenters. The van der Waals surface area contributed by atoms with E-state index in [-0.39, 0.29) is 29.5 Å². The van der Waals surface area contributed by atoms with Crippen LogP contribution in [0.3, 0.4) is 0 Å². The summed E-state index contributed by atoms with van der Waals surface area (Å²) in [5.74, 6) is -0.00720. The Bertz CT molecular complexity index is 655. The molecule has 2 rings (SSSR count). The molecule has 4 nitrogen and oxygen atoms in total. The second-order valence-electron chi connectivity index (χ2n) is 7.11. The summed E-state index contributed by atoms with van der Waals surface area (Å²) in [6.07, 6.45) is 4.33. The number of allylic oxidation sites excluding steroid dienone is 1. The van der Waals surface area contributed by atoms with Gasteiger partial charge in [0.1, 0.15) is 11.6 Å². The van der Waals surface area contributed by atoms with E-state index in [0.29, 0.717) is 6.54 Å². The Morgan fingerprint density at radius 3 is 2.64 bits per heavy atom. The number of benzene rings is 1. The topological polar surface area (TPSA) is 53.3 Å². The van der Waals surface area contributed by atoms with Crippen LogP contribution in [-0.2, 0) is 16.0 Å². The number of amides is 1. The zero-order chi connectivity index (χ0) is 18.4. The summed E-state index contributed by atoms with van der Waals surface area (Å²) in [5.41, 5.74) is 2.64. The third-order valence-corrected chi connectivity index (χ3v) is 4.70. The molecule has 0 aromatic heterocycles. The molecule has 1 aliphatic rings. The summed E-state index contributed by atoms with van der Waals surface area (Å²) < 4.78 is 5.68. The average molecular weight is 340 g/mol. The second-order valence-corrected chi connectivity index (χ2v) is 7.11. The number of hydrogen-bond donors (Lipinski definition) is 0. The number of hydrogen-bond acceptors (Lipinski definition) is 3. The van der Waals surface area contributed by atoms with E-state index >= 15 is 0 Å². The van der Waals surface area contributed by atoms with Gasteiger partial charge in [-0.2, -0.15) is 5.26 Å². The quantitative estimate of drug-likeness (QED) is 0.607. The maximum Gasteiger partial charge on any atom is 0.264 e. The van der Waals surface area contributed by atoms with E-state index in [2.05, 4.69) is 37.3 Å². The summed E-state index contributed by atoms with van der Waals surface area (Å²) in [7, 11) is 1.70. The summed E-state index contributed by atoms with van der Waals surface area (Å²) in [4.78, 5) is 14.8. The molecular weight excluding hydrogens is 312 g/mol. The van der Waals surface area contributed by atoms with E-state index in [4.69, 9.17) is 4.74 Å². The number of carbonyl (C=O) groups is 1. The van der Waals surface area contributed by atoms with E-state index in [9.17, 15) is 10.1 Å². The number of carbonyl (C=O) groups excluding carboxylic acids is 1. The number of aryl methyl sites for hydroxylation is 1. The normalized spacial score (nSPS) is 21.3. The van der Waals surface area contributed by atoms with Gasteiger partial charge in [-0.15, -0.1) is 0 Å². The number of nitriles is 1. The van der Waals surface area contributed by atoms with Gasteiger partial charge >= 0.3 is 0 Å². The predicted molar refractivity (Wildman–Crippen MR) is 98.9 cm³/mol. The van der Waals surface area contributed by atoms with E-state index < -0.39 is 0 Å². The molecule has 1 aromatic carbocycles. The molecule has 0 saturated carbocycles. The largest absolute Gasteiger partial charge is 0.379 e. The van der Waals surface area contributed by atoms with Crippen LogP contribution in [0, 0.1) is 24.2 Å². The lowest BCUT2D eigenvalue weighted by atomic mass is 9.91. The van der Waals surface area contributed by atoms with Crippen LogP contribution in [0.25, 0.3) is 0 Å². The predicted octanol–water partition coefficient (Wildman–Crippen LogP) is 3.65. The molecule has 1 aliphatic heterocycles. The molecule has 1 fully saturated rings. The van der Waals surface area contributed by atoms with Crippen LogP contribution in [0.2, 0.25) is 0 Å². The van der Waals surface area contributed by atoms with Crippen LogP contribution in [0.1, 0.15) is 37.8 Å². The smallest absolute Gasteiger partial charge is 0.264 e. The highest BCUT2D eigenvalue weighted by atomic mass is 16.5. The highest BCUT2D eigenvalue weighted by Gasteiger charge is 2.35. The van der Waals surface area contributed by atoms with Gasteiger partial charge < -0.3 is 9.64 Å². The first-order chi connectivity index (χ1) is 12.0. The van der Waals surface area contributed by atoms with Gasteiger partial charge in [-0.3, -0.25) is 4.79 Å². The Hall–Kier alpha value is -2.12. The van der Waals surface area contributed by atoms with E-state index in [1.165, 1.54) is 11.1 Å². The second kappa shape index (κ2) is 8.82. The number of rotatable bonds is 5. The fourth-order valence-corrected chi connectivity index (χ4v) is 3.40. The summed E-state index contributed by atoms with van der Waals surface area (Å²) in [6.45, 7) is 6.69. The molecule has 1 saturated heterocycles. The van der Waals surface area contributed by atoms with Crippen molar-refractivity contribution in [1.82, 2.24) is 4.90 Å². The molecule has 25 heavy (non-hydrogen) atoms. The minimum Gasteiger partial charge on any atom is -0.379 e. The first-order valence-electron chi connectivity index (χ1n) is 8.97. The Morgan fingerprint density at radius 2 is 2.08 bits per heavy atom. The number of likely N-dealkylation sites (tertiary alicyclic amines) is 1. The van der Waals surface area contributed by atoms with Crippen molar-refractivity contribution in [3.05, 3.63) is 47.0 Å². The average Bonchev–Trinajstić information content (AvgIpc) is 2.61. The van der Waals surface area contributed by atoms with Crippen molar-refractivity contribution in [1.29, 1.82) is 5.26 Å². The van der Waals surface area contributed by atoms with Gasteiger partial charge in [0, 0.05) is 13.7 Å². The molecule has 0 radical (unpaired) electrons. The van der Waals surface area contributed by atoms with E-state index in [0.717, 1.165) is 19.3 Å². The van der Waals surface area contributed by atoms with Crippen molar-refractivity contribution in [3.63, 3.8) is 0 Å². The highest BCUT2D eigenvalue weighted by molar-refractivity contribution is 5.97. The lowest BCUT2D eigenvalue weighted by Crippen LogP contribution is -2.53. The lowest BCUT2D eigenvalue weighted by molar-refractivity contribution is -0.135. The summed E-state index contributed by atoms with van der Waals surface area (Å²) >= 11 is 0. The Kier molecular flexibility index (Phi) is 6.78. The molecule has 0 aliphatic carbocycles. The van der Waals surface area contributed by atoms with Crippen LogP contribution >= 0.6 is 0 Å². The third kappa shape index (κ3) is 4.93. The Labute approximate surface area is 151 Å². The standard InChI is InChI=1S/C21H28N2O2/c1-15(2)12-18(14-22)21(24)23-11-5-6-20(25-4)19(23)13-17-9-7-16(3)8-10-17/h7-10,12,15,19-20H,5-6,11,13H2,1-4H3/b18-12+/t19-,20-/m0/s1. The minimum absolute atomic E-state index is 0.00186. The molecule has 1 aromatic rings. The van der Waals surface area contributed by atoms with E-state index in [1.54, 1.807) is 13.2 Å². The highest BCUT2D eigenvalue weighted by Crippen LogP contribution is 2.25. The third-order valence-electron chi connectivity index (χ3n) is 4.70. The van der Waals surface area contributed by atoms with Gasteiger partial charge in [0.05, 0.1) is 12.1 Å². The van der Waals surface area contributed by atoms with Crippen molar-refractivity contribution < 1.29 is 9.53 Å². The van der Waals surface area contributed by atoms with Gasteiger partial charge in [0.2, 0.25) is 0 Å². The summed E-state index contributed by atoms with van der Waals surface area (Å²) in [5, 5.41) is 9.41. The van der Waals surface area contributed by atoms with Gasteiger partial charge in [-0.1, -0.05) is 49.8 Å². The SMILES string of the molecule is CO[C@H]1CCCN(C(=O)/C(C#N)=C/C(C)C)[C@H]1Cc1ccc(C)cc1. The zero-order valence-electron chi connectivity index (χ0n) is 15.7. The molecule has 0 unspecified atom stereocenters. The van der Waals surface area contributed by atoms with Crippen molar-refractivity contribution >= 4 is 5.91 Å².